The number of hydrogen-bond acceptors (Lipinski definition) is 3. The SMILES string of the molecule is CC(C)CCNc1c(-c2cccs2)nc2ccc(Cl)cn12. The first-order valence-corrected chi connectivity index (χ1v) is 8.36. The third-order valence-electron chi connectivity index (χ3n) is 3.35. The van der Waals surface area contributed by atoms with Crippen molar-refractivity contribution in [2.45, 2.75) is 20.3 Å². The first kappa shape index (κ1) is 14.4. The molecule has 0 aliphatic rings. The monoisotopic (exact) mass is 319 g/mol. The van der Waals surface area contributed by atoms with E-state index in [1.807, 2.05) is 22.7 Å². The van der Waals surface area contributed by atoms with Crippen LogP contribution in [0.2, 0.25) is 5.02 Å². The van der Waals surface area contributed by atoms with Crippen LogP contribution in [0, 0.1) is 5.92 Å². The topological polar surface area (TPSA) is 29.3 Å². The van der Waals surface area contributed by atoms with E-state index in [0.29, 0.717) is 10.9 Å². The minimum atomic E-state index is 0.672. The van der Waals surface area contributed by atoms with Gasteiger partial charge in [-0.15, -0.1) is 11.3 Å². The van der Waals surface area contributed by atoms with E-state index in [4.69, 9.17) is 16.6 Å². The Morgan fingerprint density at radius 3 is 2.90 bits per heavy atom. The predicted molar refractivity (Wildman–Crippen MR) is 91.5 cm³/mol. The van der Waals surface area contributed by atoms with Gasteiger partial charge >= 0.3 is 0 Å². The maximum absolute atomic E-state index is 6.14. The van der Waals surface area contributed by atoms with Crippen LogP contribution < -0.4 is 5.32 Å². The minimum absolute atomic E-state index is 0.672. The molecule has 3 aromatic heterocycles. The molecule has 0 atom stereocenters. The number of nitrogens with one attached hydrogen (secondary N) is 1. The minimum Gasteiger partial charge on any atom is -0.369 e. The van der Waals surface area contributed by atoms with Crippen molar-refractivity contribution in [2.75, 3.05) is 11.9 Å². The molecule has 1 N–H and O–H groups in total. The lowest BCUT2D eigenvalue weighted by Crippen LogP contribution is -2.07. The van der Waals surface area contributed by atoms with Crippen molar-refractivity contribution in [3.8, 4) is 10.6 Å². The van der Waals surface area contributed by atoms with Crippen molar-refractivity contribution >= 4 is 34.4 Å². The van der Waals surface area contributed by atoms with Crippen molar-refractivity contribution in [3.63, 3.8) is 0 Å². The number of fused-ring (bicyclic) bond motifs is 1. The number of halogens is 1. The molecular formula is C16H18ClN3S. The first-order valence-electron chi connectivity index (χ1n) is 7.10. The summed E-state index contributed by atoms with van der Waals surface area (Å²) < 4.78 is 2.04. The lowest BCUT2D eigenvalue weighted by atomic mass is 10.1. The Kier molecular flexibility index (Phi) is 4.17. The van der Waals surface area contributed by atoms with Crippen molar-refractivity contribution in [2.24, 2.45) is 5.92 Å². The zero-order valence-corrected chi connectivity index (χ0v) is 13.7. The molecule has 0 unspecified atom stereocenters. The maximum Gasteiger partial charge on any atom is 0.139 e. The fourth-order valence-electron chi connectivity index (χ4n) is 2.25. The Bertz CT molecular complexity index is 731. The second kappa shape index (κ2) is 6.08. The number of pyridine rings is 1. The van der Waals surface area contributed by atoms with E-state index in [-0.39, 0.29) is 0 Å². The fraction of sp³-hybridized carbons (Fsp3) is 0.312. The van der Waals surface area contributed by atoms with Crippen molar-refractivity contribution in [1.29, 1.82) is 0 Å². The summed E-state index contributed by atoms with van der Waals surface area (Å²) >= 11 is 7.84. The second-order valence-corrected chi connectivity index (χ2v) is 6.86. The van der Waals surface area contributed by atoms with Gasteiger partial charge in [0.1, 0.15) is 17.2 Å². The van der Waals surface area contributed by atoms with E-state index in [9.17, 15) is 0 Å². The molecule has 0 aliphatic carbocycles. The van der Waals surface area contributed by atoms with Crippen LogP contribution in [0.4, 0.5) is 5.82 Å². The van der Waals surface area contributed by atoms with Crippen LogP contribution in [-0.4, -0.2) is 15.9 Å². The van der Waals surface area contributed by atoms with Crippen LogP contribution in [0.5, 0.6) is 0 Å². The summed E-state index contributed by atoms with van der Waals surface area (Å²) in [6, 6.07) is 7.98. The summed E-state index contributed by atoms with van der Waals surface area (Å²) in [5.41, 5.74) is 1.91. The molecule has 0 bridgehead atoms. The van der Waals surface area contributed by atoms with E-state index in [2.05, 4.69) is 36.7 Å². The van der Waals surface area contributed by atoms with Crippen LogP contribution in [-0.2, 0) is 0 Å². The lowest BCUT2D eigenvalue weighted by Gasteiger charge is -2.09. The summed E-state index contributed by atoms with van der Waals surface area (Å²) in [6.07, 6.45) is 3.04. The molecular weight excluding hydrogens is 302 g/mol. The zero-order chi connectivity index (χ0) is 14.8. The molecule has 0 amide bonds. The molecule has 0 spiro atoms. The van der Waals surface area contributed by atoms with Gasteiger partial charge in [0.25, 0.3) is 0 Å². The number of aromatic nitrogens is 2. The third-order valence-corrected chi connectivity index (χ3v) is 4.45. The van der Waals surface area contributed by atoms with E-state index in [1.165, 1.54) is 4.88 Å². The normalized spacial score (nSPS) is 11.4. The Morgan fingerprint density at radius 1 is 1.33 bits per heavy atom. The quantitative estimate of drug-likeness (QED) is 0.702. The largest absolute Gasteiger partial charge is 0.369 e. The molecule has 3 rings (SSSR count). The van der Waals surface area contributed by atoms with E-state index >= 15 is 0 Å². The summed E-state index contributed by atoms with van der Waals surface area (Å²) in [5, 5.41) is 6.32. The van der Waals surface area contributed by atoms with E-state index in [1.54, 1.807) is 11.3 Å². The molecule has 110 valence electrons. The molecule has 0 saturated carbocycles. The molecule has 0 radical (unpaired) electrons. The molecule has 0 saturated heterocycles. The molecule has 5 heteroatoms. The highest BCUT2D eigenvalue weighted by Crippen LogP contribution is 2.32. The Labute approximate surface area is 133 Å². The van der Waals surface area contributed by atoms with Gasteiger partial charge < -0.3 is 5.32 Å². The number of rotatable bonds is 5. The zero-order valence-electron chi connectivity index (χ0n) is 12.1. The standard InChI is InChI=1S/C16H18ClN3S/c1-11(2)7-8-18-16-15(13-4-3-9-21-13)19-14-6-5-12(17)10-20(14)16/h3-6,9-11,18H,7-8H2,1-2H3. The Morgan fingerprint density at radius 2 is 2.19 bits per heavy atom. The number of thiophene rings is 1. The average molecular weight is 320 g/mol. The molecule has 3 nitrogen and oxygen atoms in total. The van der Waals surface area contributed by atoms with Crippen molar-refractivity contribution in [1.82, 2.24) is 9.38 Å². The highest BCUT2D eigenvalue weighted by molar-refractivity contribution is 7.13. The number of nitrogens with zero attached hydrogens (tertiary/aromatic N) is 2. The Balaban J connectivity index is 2.04. The molecule has 21 heavy (non-hydrogen) atoms. The smallest absolute Gasteiger partial charge is 0.139 e. The molecule has 0 fully saturated rings. The molecule has 3 heterocycles. The summed E-state index contributed by atoms with van der Waals surface area (Å²) in [7, 11) is 0. The van der Waals surface area contributed by atoms with Gasteiger partial charge in [0.2, 0.25) is 0 Å². The molecule has 3 aromatic rings. The van der Waals surface area contributed by atoms with Crippen LogP contribution >= 0.6 is 22.9 Å². The second-order valence-electron chi connectivity index (χ2n) is 5.47. The van der Waals surface area contributed by atoms with Crippen molar-refractivity contribution < 1.29 is 0 Å². The summed E-state index contributed by atoms with van der Waals surface area (Å²) in [4.78, 5) is 5.91. The average Bonchev–Trinajstić information content (AvgIpc) is 3.06. The van der Waals surface area contributed by atoms with Crippen LogP contribution in [0.1, 0.15) is 20.3 Å². The molecule has 0 aromatic carbocycles. The number of anilines is 1. The van der Waals surface area contributed by atoms with Gasteiger partial charge in [0.05, 0.1) is 9.90 Å². The van der Waals surface area contributed by atoms with Gasteiger partial charge in [-0.1, -0.05) is 31.5 Å². The van der Waals surface area contributed by atoms with Gasteiger partial charge in [-0.25, -0.2) is 4.98 Å². The summed E-state index contributed by atoms with van der Waals surface area (Å²) in [5.74, 6) is 1.70. The van der Waals surface area contributed by atoms with E-state index in [0.717, 1.165) is 30.1 Å². The highest BCUT2D eigenvalue weighted by Gasteiger charge is 2.14. The lowest BCUT2D eigenvalue weighted by molar-refractivity contribution is 0.606. The van der Waals surface area contributed by atoms with Gasteiger partial charge in [0, 0.05) is 12.7 Å². The maximum atomic E-state index is 6.14. The van der Waals surface area contributed by atoms with Crippen LogP contribution in [0.25, 0.3) is 16.2 Å². The van der Waals surface area contributed by atoms with Crippen LogP contribution in [0.3, 0.4) is 0 Å². The van der Waals surface area contributed by atoms with E-state index < -0.39 is 0 Å². The predicted octanol–water partition coefficient (Wildman–Crippen LogP) is 5.17. The number of hydrogen-bond donors (Lipinski definition) is 1. The summed E-state index contributed by atoms with van der Waals surface area (Å²) in [6.45, 7) is 5.39. The van der Waals surface area contributed by atoms with Gasteiger partial charge in [0.15, 0.2) is 0 Å². The highest BCUT2D eigenvalue weighted by atomic mass is 35.5. The first-order chi connectivity index (χ1) is 10.1. The van der Waals surface area contributed by atoms with Gasteiger partial charge in [-0.05, 0) is 35.9 Å². The van der Waals surface area contributed by atoms with Gasteiger partial charge in [-0.2, -0.15) is 0 Å². The van der Waals surface area contributed by atoms with Gasteiger partial charge in [-0.3, -0.25) is 4.40 Å². The van der Waals surface area contributed by atoms with Crippen LogP contribution in [0.15, 0.2) is 35.8 Å². The number of imidazole rings is 1. The Hall–Kier alpha value is -1.52. The third kappa shape index (κ3) is 3.06. The molecule has 0 aliphatic heterocycles. The van der Waals surface area contributed by atoms with Crippen molar-refractivity contribution in [3.05, 3.63) is 40.9 Å². The fourth-order valence-corrected chi connectivity index (χ4v) is 3.13.